The second kappa shape index (κ2) is 9.77. The highest BCUT2D eigenvalue weighted by Gasteiger charge is 2.15. The molecule has 3 aromatic carbocycles. The Morgan fingerprint density at radius 2 is 1.58 bits per heavy atom. The summed E-state index contributed by atoms with van der Waals surface area (Å²) in [6.45, 7) is 1.47. The number of amides is 1. The van der Waals surface area contributed by atoms with E-state index in [9.17, 15) is 4.79 Å². The smallest absolute Gasteiger partial charge is 0.227 e. The van der Waals surface area contributed by atoms with Gasteiger partial charge >= 0.3 is 0 Å². The number of rotatable bonds is 8. The molecular weight excluding hydrogens is 388 g/mol. The summed E-state index contributed by atoms with van der Waals surface area (Å²) in [5.74, 6) is 0.698. The third-order valence-corrected chi connectivity index (χ3v) is 5.12. The molecule has 31 heavy (non-hydrogen) atoms. The lowest BCUT2D eigenvalue weighted by Crippen LogP contribution is -2.35. The van der Waals surface area contributed by atoms with E-state index < -0.39 is 0 Å². The largest absolute Gasteiger partial charge is 0.337 e. The van der Waals surface area contributed by atoms with Crippen molar-refractivity contribution in [3.8, 4) is 22.5 Å². The minimum absolute atomic E-state index is 0.0730. The standard InChI is InChI=1S/C24H24N6O/c25-14-15-30(23(31)16-18-6-2-1-3-7-18)17-19-10-12-20(13-11-19)21-8-4-5-9-22(21)24-26-28-29-27-24/h1-13H,14-17,25H2,(H,26,27,28,29). The molecule has 3 N–H and O–H groups in total. The van der Waals surface area contributed by atoms with Crippen LogP contribution in [0.25, 0.3) is 22.5 Å². The molecular formula is C24H24N6O. The van der Waals surface area contributed by atoms with Crippen LogP contribution in [0.5, 0.6) is 0 Å². The fourth-order valence-electron chi connectivity index (χ4n) is 3.55. The zero-order chi connectivity index (χ0) is 21.5. The summed E-state index contributed by atoms with van der Waals surface area (Å²) in [6, 6.07) is 25.9. The third kappa shape index (κ3) is 5.02. The van der Waals surface area contributed by atoms with Gasteiger partial charge in [-0.2, -0.15) is 0 Å². The van der Waals surface area contributed by atoms with E-state index in [1.807, 2.05) is 71.6 Å². The molecule has 0 radical (unpaired) electrons. The summed E-state index contributed by atoms with van der Waals surface area (Å²) >= 11 is 0. The Morgan fingerprint density at radius 1 is 0.871 bits per heavy atom. The average molecular weight is 412 g/mol. The van der Waals surface area contributed by atoms with Crippen LogP contribution in [0.1, 0.15) is 11.1 Å². The first-order valence-electron chi connectivity index (χ1n) is 10.2. The first-order valence-corrected chi connectivity index (χ1v) is 10.2. The van der Waals surface area contributed by atoms with Gasteiger partial charge in [-0.3, -0.25) is 4.79 Å². The van der Waals surface area contributed by atoms with Crippen molar-refractivity contribution < 1.29 is 4.79 Å². The maximum atomic E-state index is 12.8. The molecule has 0 atom stereocenters. The van der Waals surface area contributed by atoms with Gasteiger partial charge in [-0.05, 0) is 32.7 Å². The van der Waals surface area contributed by atoms with E-state index in [2.05, 4.69) is 32.8 Å². The normalized spacial score (nSPS) is 10.7. The molecule has 1 heterocycles. The Hall–Kier alpha value is -3.84. The molecule has 1 aromatic heterocycles. The molecule has 0 spiro atoms. The van der Waals surface area contributed by atoms with Crippen LogP contribution in [0.3, 0.4) is 0 Å². The van der Waals surface area contributed by atoms with Gasteiger partial charge in [0.25, 0.3) is 0 Å². The van der Waals surface area contributed by atoms with E-state index in [0.717, 1.165) is 27.8 Å². The summed E-state index contributed by atoms with van der Waals surface area (Å²) in [5.41, 5.74) is 10.8. The molecule has 0 saturated heterocycles. The number of nitrogens with one attached hydrogen (secondary N) is 1. The number of nitrogens with zero attached hydrogens (tertiary/aromatic N) is 4. The van der Waals surface area contributed by atoms with Crippen LogP contribution in [0, 0.1) is 0 Å². The highest BCUT2D eigenvalue weighted by molar-refractivity contribution is 5.80. The van der Waals surface area contributed by atoms with Crippen LogP contribution in [-0.2, 0) is 17.8 Å². The van der Waals surface area contributed by atoms with Crippen LogP contribution in [0.4, 0.5) is 0 Å². The van der Waals surface area contributed by atoms with Gasteiger partial charge in [0, 0.05) is 25.2 Å². The van der Waals surface area contributed by atoms with Crippen LogP contribution in [-0.4, -0.2) is 44.5 Å². The average Bonchev–Trinajstić information content (AvgIpc) is 3.35. The molecule has 0 bridgehead atoms. The quantitative estimate of drug-likeness (QED) is 0.463. The lowest BCUT2D eigenvalue weighted by Gasteiger charge is -2.22. The van der Waals surface area contributed by atoms with Gasteiger partial charge in [0.15, 0.2) is 5.82 Å². The van der Waals surface area contributed by atoms with Crippen molar-refractivity contribution >= 4 is 5.91 Å². The maximum absolute atomic E-state index is 12.8. The second-order valence-corrected chi connectivity index (χ2v) is 7.26. The van der Waals surface area contributed by atoms with E-state index in [-0.39, 0.29) is 5.91 Å². The number of hydrogen-bond acceptors (Lipinski definition) is 5. The molecule has 4 rings (SSSR count). The van der Waals surface area contributed by atoms with Crippen LogP contribution in [0.15, 0.2) is 78.9 Å². The van der Waals surface area contributed by atoms with Gasteiger partial charge in [-0.25, -0.2) is 5.10 Å². The molecule has 156 valence electrons. The molecule has 0 aliphatic carbocycles. The molecule has 7 heteroatoms. The number of aromatic nitrogens is 4. The molecule has 7 nitrogen and oxygen atoms in total. The van der Waals surface area contributed by atoms with Crippen molar-refractivity contribution in [2.45, 2.75) is 13.0 Å². The van der Waals surface area contributed by atoms with E-state index in [1.165, 1.54) is 0 Å². The van der Waals surface area contributed by atoms with Crippen LogP contribution < -0.4 is 5.73 Å². The number of nitrogens with two attached hydrogens (primary N) is 1. The van der Waals surface area contributed by atoms with Crippen molar-refractivity contribution in [1.29, 1.82) is 0 Å². The Kier molecular flexibility index (Phi) is 6.44. The fraction of sp³-hybridized carbons (Fsp3) is 0.167. The first kappa shape index (κ1) is 20.4. The van der Waals surface area contributed by atoms with E-state index in [1.54, 1.807) is 0 Å². The topological polar surface area (TPSA) is 101 Å². The Balaban J connectivity index is 1.51. The molecule has 0 saturated carbocycles. The number of aromatic amines is 1. The van der Waals surface area contributed by atoms with Crippen LogP contribution in [0.2, 0.25) is 0 Å². The zero-order valence-corrected chi connectivity index (χ0v) is 17.1. The number of tetrazole rings is 1. The second-order valence-electron chi connectivity index (χ2n) is 7.26. The summed E-state index contributed by atoms with van der Waals surface area (Å²) in [5, 5.41) is 14.2. The van der Waals surface area contributed by atoms with E-state index >= 15 is 0 Å². The van der Waals surface area contributed by atoms with Gasteiger partial charge in [-0.1, -0.05) is 78.9 Å². The molecule has 0 fully saturated rings. The summed E-state index contributed by atoms with van der Waals surface area (Å²) < 4.78 is 0. The monoisotopic (exact) mass is 412 g/mol. The van der Waals surface area contributed by atoms with Gasteiger partial charge in [0.1, 0.15) is 0 Å². The molecule has 0 aliphatic heterocycles. The van der Waals surface area contributed by atoms with Crippen molar-refractivity contribution in [2.75, 3.05) is 13.1 Å². The minimum atomic E-state index is 0.0730. The van der Waals surface area contributed by atoms with Gasteiger partial charge in [-0.15, -0.1) is 5.10 Å². The summed E-state index contributed by atoms with van der Waals surface area (Å²) in [6.07, 6.45) is 0.373. The number of carbonyl (C=O) groups is 1. The number of H-pyrrole nitrogens is 1. The van der Waals surface area contributed by atoms with Gasteiger partial charge < -0.3 is 10.6 Å². The van der Waals surface area contributed by atoms with Crippen LogP contribution >= 0.6 is 0 Å². The SMILES string of the molecule is NCCN(Cc1ccc(-c2ccccc2-c2nnn[nH]2)cc1)C(=O)Cc1ccccc1. The van der Waals surface area contributed by atoms with Crippen molar-refractivity contribution in [3.63, 3.8) is 0 Å². The number of hydrogen-bond donors (Lipinski definition) is 2. The number of carbonyl (C=O) groups excluding carboxylic acids is 1. The number of benzene rings is 3. The van der Waals surface area contributed by atoms with Crippen molar-refractivity contribution in [3.05, 3.63) is 90.0 Å². The van der Waals surface area contributed by atoms with Gasteiger partial charge in [0.2, 0.25) is 5.91 Å². The fourth-order valence-corrected chi connectivity index (χ4v) is 3.55. The maximum Gasteiger partial charge on any atom is 0.227 e. The summed E-state index contributed by atoms with van der Waals surface area (Å²) in [4.78, 5) is 14.6. The highest BCUT2D eigenvalue weighted by Crippen LogP contribution is 2.29. The molecule has 1 amide bonds. The highest BCUT2D eigenvalue weighted by atomic mass is 16.2. The van der Waals surface area contributed by atoms with E-state index in [4.69, 9.17) is 5.73 Å². The van der Waals surface area contributed by atoms with E-state index in [0.29, 0.717) is 31.9 Å². The summed E-state index contributed by atoms with van der Waals surface area (Å²) in [7, 11) is 0. The lowest BCUT2D eigenvalue weighted by molar-refractivity contribution is -0.131. The zero-order valence-electron chi connectivity index (χ0n) is 17.1. The third-order valence-electron chi connectivity index (χ3n) is 5.12. The van der Waals surface area contributed by atoms with Gasteiger partial charge in [0.05, 0.1) is 6.42 Å². The Bertz CT molecular complexity index is 1110. The first-order chi connectivity index (χ1) is 15.2. The minimum Gasteiger partial charge on any atom is -0.337 e. The van der Waals surface area contributed by atoms with Crippen molar-refractivity contribution in [2.24, 2.45) is 5.73 Å². The predicted molar refractivity (Wildman–Crippen MR) is 120 cm³/mol. The predicted octanol–water partition coefficient (Wildman–Crippen LogP) is 3.06. The Morgan fingerprint density at radius 3 is 2.26 bits per heavy atom. The van der Waals surface area contributed by atoms with Crippen molar-refractivity contribution in [1.82, 2.24) is 25.5 Å². The molecule has 0 unspecified atom stereocenters. The Labute approximate surface area is 180 Å². The molecule has 0 aliphatic rings. The lowest BCUT2D eigenvalue weighted by atomic mass is 9.98. The molecule has 4 aromatic rings.